The van der Waals surface area contributed by atoms with Gasteiger partial charge in [-0.15, -0.1) is 13.2 Å². The molecule has 1 rings (SSSR count). The van der Waals surface area contributed by atoms with E-state index in [4.69, 9.17) is 0 Å². The molecule has 0 radical (unpaired) electrons. The average Bonchev–Trinajstić information content (AvgIpc) is 2.40. The number of nitrogens with zero attached hydrogens (tertiary/aromatic N) is 1. The Bertz CT molecular complexity index is 145. The second kappa shape index (κ2) is 5.81. The van der Waals surface area contributed by atoms with Gasteiger partial charge in [0.15, 0.2) is 0 Å². The molecular weight excluding hydrogens is 150 g/mol. The zero-order valence-electron chi connectivity index (χ0n) is 8.18. The number of likely N-dealkylation sites (tertiary alicyclic amines) is 1. The highest BCUT2D eigenvalue weighted by Gasteiger charge is 2.25. The fourth-order valence-corrected chi connectivity index (χ4v) is 1.46. The second-order valence-electron chi connectivity index (χ2n) is 2.97. The molecule has 0 aromatic heterocycles. The van der Waals surface area contributed by atoms with Crippen LogP contribution in [0.25, 0.3) is 0 Å². The van der Waals surface area contributed by atoms with Crippen molar-refractivity contribution in [3.63, 3.8) is 0 Å². The highest BCUT2D eigenvalue weighted by molar-refractivity contribution is 5.78. The first-order valence-corrected chi connectivity index (χ1v) is 4.55. The highest BCUT2D eigenvalue weighted by Crippen LogP contribution is 2.17. The molecule has 2 heteroatoms. The van der Waals surface area contributed by atoms with Crippen molar-refractivity contribution < 1.29 is 4.79 Å². The maximum Gasteiger partial charge on any atom is 0.222 e. The van der Waals surface area contributed by atoms with Crippen molar-refractivity contribution in [1.29, 1.82) is 0 Å². The van der Waals surface area contributed by atoms with Gasteiger partial charge in [0.05, 0.1) is 0 Å². The summed E-state index contributed by atoms with van der Waals surface area (Å²) in [5.41, 5.74) is 0. The molecule has 0 unspecified atom stereocenters. The molecule has 2 nitrogen and oxygen atoms in total. The lowest BCUT2D eigenvalue weighted by molar-refractivity contribution is -0.128. The Morgan fingerprint density at radius 2 is 2.17 bits per heavy atom. The van der Waals surface area contributed by atoms with Gasteiger partial charge < -0.3 is 4.90 Å². The third kappa shape index (κ3) is 2.68. The molecule has 0 aromatic carbocycles. The van der Waals surface area contributed by atoms with Crippen molar-refractivity contribution in [3.05, 3.63) is 13.2 Å². The molecule has 12 heavy (non-hydrogen) atoms. The van der Waals surface area contributed by atoms with Crippen LogP contribution in [0.5, 0.6) is 0 Å². The maximum absolute atomic E-state index is 11.1. The molecule has 1 aliphatic rings. The Labute approximate surface area is 75.3 Å². The van der Waals surface area contributed by atoms with Gasteiger partial charge in [-0.25, -0.2) is 0 Å². The van der Waals surface area contributed by atoms with Gasteiger partial charge in [0.1, 0.15) is 0 Å². The number of amides is 1. The van der Waals surface area contributed by atoms with E-state index < -0.39 is 0 Å². The van der Waals surface area contributed by atoms with Crippen LogP contribution in [0.1, 0.15) is 33.1 Å². The summed E-state index contributed by atoms with van der Waals surface area (Å²) in [6.45, 7) is 11.2. The van der Waals surface area contributed by atoms with Gasteiger partial charge in [-0.1, -0.05) is 6.92 Å². The minimum atomic E-state index is 0.342. The van der Waals surface area contributed by atoms with Crippen molar-refractivity contribution in [1.82, 2.24) is 4.90 Å². The summed E-state index contributed by atoms with van der Waals surface area (Å²) in [6.07, 6.45) is 2.90. The number of hydrogen-bond acceptors (Lipinski definition) is 1. The molecule has 0 aromatic rings. The summed E-state index contributed by atoms with van der Waals surface area (Å²) in [5, 5.41) is 0. The lowest BCUT2D eigenvalue weighted by Gasteiger charge is -2.20. The minimum absolute atomic E-state index is 0.342. The third-order valence-electron chi connectivity index (χ3n) is 2.09. The first-order valence-electron chi connectivity index (χ1n) is 4.55. The van der Waals surface area contributed by atoms with E-state index in [1.165, 1.54) is 0 Å². The summed E-state index contributed by atoms with van der Waals surface area (Å²) < 4.78 is 0. The zero-order valence-corrected chi connectivity index (χ0v) is 8.18. The summed E-state index contributed by atoms with van der Waals surface area (Å²) >= 11 is 0. The van der Waals surface area contributed by atoms with Gasteiger partial charge in [0.25, 0.3) is 0 Å². The topological polar surface area (TPSA) is 20.3 Å². The molecule has 1 aliphatic heterocycles. The van der Waals surface area contributed by atoms with Crippen LogP contribution in [-0.4, -0.2) is 23.4 Å². The van der Waals surface area contributed by atoms with Gasteiger partial charge in [0.2, 0.25) is 5.91 Å². The van der Waals surface area contributed by atoms with Crippen LogP contribution in [0.4, 0.5) is 0 Å². The first kappa shape index (κ1) is 11.2. The minimum Gasteiger partial charge on any atom is -0.340 e. The van der Waals surface area contributed by atoms with Crippen molar-refractivity contribution in [2.45, 2.75) is 39.2 Å². The van der Waals surface area contributed by atoms with Crippen molar-refractivity contribution >= 4 is 5.91 Å². The van der Waals surface area contributed by atoms with Crippen LogP contribution in [0.15, 0.2) is 13.2 Å². The van der Waals surface area contributed by atoms with Crippen molar-refractivity contribution in [2.24, 2.45) is 0 Å². The molecular formula is C10H19NO. The van der Waals surface area contributed by atoms with Gasteiger partial charge in [-0.3, -0.25) is 4.79 Å². The smallest absolute Gasteiger partial charge is 0.222 e. The van der Waals surface area contributed by atoms with E-state index in [9.17, 15) is 4.79 Å². The standard InChI is InChI=1S/C8H15NO.C2H4/c1-3-6-9-7(2)4-5-8(9)10;1-2/h7H,3-6H2,1-2H3;1-2H2/t7-;/m1./s1. The van der Waals surface area contributed by atoms with Crippen LogP contribution in [0, 0.1) is 0 Å². The largest absolute Gasteiger partial charge is 0.340 e. The fraction of sp³-hybridized carbons (Fsp3) is 0.700. The summed E-state index contributed by atoms with van der Waals surface area (Å²) in [6, 6.07) is 0.493. The van der Waals surface area contributed by atoms with Crippen molar-refractivity contribution in [2.75, 3.05) is 6.54 Å². The molecule has 0 N–H and O–H groups in total. The summed E-state index contributed by atoms with van der Waals surface area (Å²) in [5.74, 6) is 0.342. The Kier molecular flexibility index (Phi) is 5.43. The van der Waals surface area contributed by atoms with Gasteiger partial charge in [-0.2, -0.15) is 0 Å². The Balaban J connectivity index is 0.000000561. The van der Waals surface area contributed by atoms with E-state index >= 15 is 0 Å². The fourth-order valence-electron chi connectivity index (χ4n) is 1.46. The number of hydrogen-bond donors (Lipinski definition) is 0. The van der Waals surface area contributed by atoms with Crippen LogP contribution in [0.3, 0.4) is 0 Å². The zero-order chi connectivity index (χ0) is 9.56. The quantitative estimate of drug-likeness (QED) is 0.580. The molecule has 1 amide bonds. The molecule has 1 saturated heterocycles. The maximum atomic E-state index is 11.1. The van der Waals surface area contributed by atoms with E-state index in [2.05, 4.69) is 27.0 Å². The Hall–Kier alpha value is -0.790. The predicted octanol–water partition coefficient (Wildman–Crippen LogP) is 2.21. The molecule has 0 bridgehead atoms. The normalized spacial score (nSPS) is 22.0. The molecule has 1 fully saturated rings. The lowest BCUT2D eigenvalue weighted by Crippen LogP contribution is -2.31. The van der Waals surface area contributed by atoms with Gasteiger partial charge >= 0.3 is 0 Å². The molecule has 0 saturated carbocycles. The SMILES string of the molecule is C=C.CCCN1C(=O)CC[C@H]1C. The summed E-state index contributed by atoms with van der Waals surface area (Å²) in [7, 11) is 0. The van der Waals surface area contributed by atoms with Crippen LogP contribution < -0.4 is 0 Å². The Morgan fingerprint density at radius 3 is 2.50 bits per heavy atom. The Morgan fingerprint density at radius 1 is 1.58 bits per heavy atom. The molecule has 0 aliphatic carbocycles. The van der Waals surface area contributed by atoms with Crippen LogP contribution >= 0.6 is 0 Å². The number of rotatable bonds is 2. The summed E-state index contributed by atoms with van der Waals surface area (Å²) in [4.78, 5) is 13.1. The highest BCUT2D eigenvalue weighted by atomic mass is 16.2. The van der Waals surface area contributed by atoms with E-state index in [1.807, 2.05) is 4.90 Å². The first-order chi connectivity index (χ1) is 5.75. The van der Waals surface area contributed by atoms with E-state index in [-0.39, 0.29) is 0 Å². The monoisotopic (exact) mass is 169 g/mol. The van der Waals surface area contributed by atoms with E-state index in [0.717, 1.165) is 25.8 Å². The number of carbonyl (C=O) groups excluding carboxylic acids is 1. The molecule has 70 valence electrons. The molecule has 0 spiro atoms. The van der Waals surface area contributed by atoms with E-state index in [1.54, 1.807) is 0 Å². The molecule has 1 heterocycles. The van der Waals surface area contributed by atoms with Crippen LogP contribution in [0.2, 0.25) is 0 Å². The average molecular weight is 169 g/mol. The van der Waals surface area contributed by atoms with E-state index in [0.29, 0.717) is 11.9 Å². The molecule has 1 atom stereocenters. The second-order valence-corrected chi connectivity index (χ2v) is 2.97. The van der Waals surface area contributed by atoms with Crippen LogP contribution in [-0.2, 0) is 4.79 Å². The number of carbonyl (C=O) groups is 1. The van der Waals surface area contributed by atoms with Gasteiger partial charge in [0, 0.05) is 19.0 Å². The van der Waals surface area contributed by atoms with Gasteiger partial charge in [-0.05, 0) is 19.8 Å². The van der Waals surface area contributed by atoms with Crippen molar-refractivity contribution in [3.8, 4) is 0 Å². The lowest BCUT2D eigenvalue weighted by atomic mass is 10.2. The third-order valence-corrected chi connectivity index (χ3v) is 2.09. The predicted molar refractivity (Wildman–Crippen MR) is 52.0 cm³/mol.